The number of hydrogen-bond acceptors (Lipinski definition) is 4. The number of para-hydroxylation sites is 2. The fourth-order valence-corrected chi connectivity index (χ4v) is 4.27. The van der Waals surface area contributed by atoms with Crippen LogP contribution in [-0.4, -0.2) is 48.3 Å². The Morgan fingerprint density at radius 2 is 1.92 bits per heavy atom. The Hall–Kier alpha value is -1.75. The molecule has 1 heterocycles. The standard InChI is InChI=1S/C20H29NO4/c1-24-18-10-4-5-11-19(18)25-14-12-20(23)21-13-6-8-16(21)15-7-2-3-9-17(15)22/h4-5,10-11,15-17,22H,2-3,6-9,12-14H2,1H3/t15-,16-,17+/m1/s1. The van der Waals surface area contributed by atoms with E-state index in [0.29, 0.717) is 24.5 Å². The first-order chi connectivity index (χ1) is 12.2. The van der Waals surface area contributed by atoms with Crippen LogP contribution in [0.25, 0.3) is 0 Å². The third kappa shape index (κ3) is 4.27. The number of methoxy groups -OCH3 is 1. The topological polar surface area (TPSA) is 59.0 Å². The highest BCUT2D eigenvalue weighted by molar-refractivity contribution is 5.77. The minimum absolute atomic E-state index is 0.134. The van der Waals surface area contributed by atoms with Crippen molar-refractivity contribution in [3.05, 3.63) is 24.3 Å². The lowest BCUT2D eigenvalue weighted by molar-refractivity contribution is -0.134. The van der Waals surface area contributed by atoms with Gasteiger partial charge in [0.05, 0.1) is 26.2 Å². The third-order valence-electron chi connectivity index (χ3n) is 5.54. The summed E-state index contributed by atoms with van der Waals surface area (Å²) in [6.07, 6.45) is 6.33. The van der Waals surface area contributed by atoms with Crippen molar-refractivity contribution < 1.29 is 19.4 Å². The highest BCUT2D eigenvalue weighted by Gasteiger charge is 2.38. The van der Waals surface area contributed by atoms with E-state index in [2.05, 4.69) is 0 Å². The highest BCUT2D eigenvalue weighted by atomic mass is 16.5. The smallest absolute Gasteiger partial charge is 0.226 e. The molecule has 0 spiro atoms. The van der Waals surface area contributed by atoms with Gasteiger partial charge in [-0.2, -0.15) is 0 Å². The molecule has 2 aliphatic rings. The summed E-state index contributed by atoms with van der Waals surface area (Å²) in [6.45, 7) is 1.15. The molecule has 1 N–H and O–H groups in total. The average Bonchev–Trinajstić information content (AvgIpc) is 3.12. The maximum absolute atomic E-state index is 12.7. The Balaban J connectivity index is 1.53. The van der Waals surface area contributed by atoms with Crippen molar-refractivity contribution in [1.82, 2.24) is 4.90 Å². The number of aliphatic hydroxyl groups is 1. The number of carbonyl (C=O) groups is 1. The zero-order valence-electron chi connectivity index (χ0n) is 15.0. The summed E-state index contributed by atoms with van der Waals surface area (Å²) >= 11 is 0. The Morgan fingerprint density at radius 1 is 1.16 bits per heavy atom. The molecule has 3 rings (SSSR count). The third-order valence-corrected chi connectivity index (χ3v) is 5.54. The van der Waals surface area contributed by atoms with Gasteiger partial charge in [-0.15, -0.1) is 0 Å². The van der Waals surface area contributed by atoms with E-state index in [1.54, 1.807) is 7.11 Å². The molecule has 3 atom stereocenters. The van der Waals surface area contributed by atoms with Crippen molar-refractivity contribution in [3.8, 4) is 11.5 Å². The van der Waals surface area contributed by atoms with Crippen LogP contribution in [0.4, 0.5) is 0 Å². The molecule has 0 bridgehead atoms. The molecule has 25 heavy (non-hydrogen) atoms. The fourth-order valence-electron chi connectivity index (χ4n) is 4.27. The summed E-state index contributed by atoms with van der Waals surface area (Å²) in [5, 5.41) is 10.3. The summed E-state index contributed by atoms with van der Waals surface area (Å²) < 4.78 is 11.0. The van der Waals surface area contributed by atoms with E-state index in [0.717, 1.165) is 45.1 Å². The van der Waals surface area contributed by atoms with Crippen LogP contribution in [0.1, 0.15) is 44.9 Å². The maximum Gasteiger partial charge on any atom is 0.226 e. The number of rotatable bonds is 6. The first-order valence-corrected chi connectivity index (χ1v) is 9.44. The molecular weight excluding hydrogens is 318 g/mol. The second kappa shape index (κ2) is 8.56. The van der Waals surface area contributed by atoms with E-state index < -0.39 is 0 Å². The van der Waals surface area contributed by atoms with E-state index in [1.165, 1.54) is 0 Å². The van der Waals surface area contributed by atoms with E-state index in [4.69, 9.17) is 9.47 Å². The van der Waals surface area contributed by atoms with Crippen LogP contribution in [0.15, 0.2) is 24.3 Å². The van der Waals surface area contributed by atoms with Gasteiger partial charge in [-0.05, 0) is 37.8 Å². The molecule has 1 aromatic rings. The maximum atomic E-state index is 12.7. The molecule has 1 saturated heterocycles. The van der Waals surface area contributed by atoms with Gasteiger partial charge in [0.1, 0.15) is 0 Å². The summed E-state index contributed by atoms with van der Waals surface area (Å²) in [6, 6.07) is 7.68. The van der Waals surface area contributed by atoms with Crippen molar-refractivity contribution in [2.75, 3.05) is 20.3 Å². The van der Waals surface area contributed by atoms with Crippen LogP contribution in [0, 0.1) is 5.92 Å². The molecule has 138 valence electrons. The van der Waals surface area contributed by atoms with Crippen LogP contribution < -0.4 is 9.47 Å². The number of nitrogens with zero attached hydrogens (tertiary/aromatic N) is 1. The van der Waals surface area contributed by atoms with E-state index in [1.807, 2.05) is 29.2 Å². The SMILES string of the molecule is COc1ccccc1OCCC(=O)N1CCC[C@@H]1[C@H]1CCCC[C@@H]1O. The number of ether oxygens (including phenoxy) is 2. The number of likely N-dealkylation sites (tertiary alicyclic amines) is 1. The van der Waals surface area contributed by atoms with Gasteiger partial charge in [0.25, 0.3) is 0 Å². The molecule has 1 amide bonds. The largest absolute Gasteiger partial charge is 0.493 e. The van der Waals surface area contributed by atoms with Crippen molar-refractivity contribution in [1.29, 1.82) is 0 Å². The molecule has 0 radical (unpaired) electrons. The lowest BCUT2D eigenvalue weighted by atomic mass is 9.80. The number of carbonyl (C=O) groups excluding carboxylic acids is 1. The van der Waals surface area contributed by atoms with Gasteiger partial charge in [0.2, 0.25) is 5.91 Å². The summed E-state index contributed by atoms with van der Waals surface area (Å²) in [5.74, 6) is 1.73. The first kappa shape index (κ1) is 18.1. The zero-order chi connectivity index (χ0) is 17.6. The molecule has 0 aromatic heterocycles. The molecular formula is C20H29NO4. The second-order valence-corrected chi connectivity index (χ2v) is 7.06. The Bertz CT molecular complexity index is 577. The molecule has 1 aromatic carbocycles. The van der Waals surface area contributed by atoms with Crippen LogP contribution in [0.2, 0.25) is 0 Å². The number of aliphatic hydroxyl groups excluding tert-OH is 1. The van der Waals surface area contributed by atoms with Crippen LogP contribution in [-0.2, 0) is 4.79 Å². The lowest BCUT2D eigenvalue weighted by Crippen LogP contribution is -2.45. The minimum Gasteiger partial charge on any atom is -0.493 e. The molecule has 1 aliphatic heterocycles. The number of amides is 1. The van der Waals surface area contributed by atoms with Crippen molar-refractivity contribution in [2.45, 2.75) is 57.1 Å². The van der Waals surface area contributed by atoms with Crippen molar-refractivity contribution in [3.63, 3.8) is 0 Å². The van der Waals surface area contributed by atoms with Gasteiger partial charge in [-0.25, -0.2) is 0 Å². The monoisotopic (exact) mass is 347 g/mol. The molecule has 5 heteroatoms. The van der Waals surface area contributed by atoms with Crippen molar-refractivity contribution >= 4 is 5.91 Å². The number of hydrogen-bond donors (Lipinski definition) is 1. The van der Waals surface area contributed by atoms with Crippen molar-refractivity contribution in [2.24, 2.45) is 5.92 Å². The van der Waals surface area contributed by atoms with E-state index in [9.17, 15) is 9.90 Å². The van der Waals surface area contributed by atoms with Gasteiger partial charge < -0.3 is 19.5 Å². The second-order valence-electron chi connectivity index (χ2n) is 7.06. The minimum atomic E-state index is -0.253. The molecule has 1 aliphatic carbocycles. The van der Waals surface area contributed by atoms with Gasteiger partial charge >= 0.3 is 0 Å². The fraction of sp³-hybridized carbons (Fsp3) is 0.650. The lowest BCUT2D eigenvalue weighted by Gasteiger charge is -2.37. The Labute approximate surface area is 149 Å². The average molecular weight is 347 g/mol. The van der Waals surface area contributed by atoms with Crippen LogP contribution in [0.3, 0.4) is 0 Å². The summed E-state index contributed by atoms with van der Waals surface area (Å²) in [7, 11) is 1.61. The predicted octanol–water partition coefficient (Wildman–Crippen LogP) is 3.01. The van der Waals surface area contributed by atoms with E-state index >= 15 is 0 Å². The zero-order valence-corrected chi connectivity index (χ0v) is 15.0. The van der Waals surface area contributed by atoms with Gasteiger partial charge in [0.15, 0.2) is 11.5 Å². The first-order valence-electron chi connectivity index (χ1n) is 9.44. The Kier molecular flexibility index (Phi) is 6.19. The highest BCUT2D eigenvalue weighted by Crippen LogP contribution is 2.35. The van der Waals surface area contributed by atoms with Gasteiger partial charge in [-0.3, -0.25) is 4.79 Å². The molecule has 5 nitrogen and oxygen atoms in total. The normalized spacial score (nSPS) is 26.5. The molecule has 2 fully saturated rings. The predicted molar refractivity (Wildman–Crippen MR) is 95.8 cm³/mol. The summed E-state index contributed by atoms with van der Waals surface area (Å²) in [5.41, 5.74) is 0. The quantitative estimate of drug-likeness (QED) is 0.859. The van der Waals surface area contributed by atoms with Crippen LogP contribution in [0.5, 0.6) is 11.5 Å². The Morgan fingerprint density at radius 3 is 2.68 bits per heavy atom. The van der Waals surface area contributed by atoms with Gasteiger partial charge in [-0.1, -0.05) is 25.0 Å². The van der Waals surface area contributed by atoms with E-state index in [-0.39, 0.29) is 24.0 Å². The molecule has 1 saturated carbocycles. The van der Waals surface area contributed by atoms with Crippen LogP contribution >= 0.6 is 0 Å². The molecule has 0 unspecified atom stereocenters. The van der Waals surface area contributed by atoms with Gasteiger partial charge in [0, 0.05) is 18.5 Å². The number of benzene rings is 1. The summed E-state index contributed by atoms with van der Waals surface area (Å²) in [4.78, 5) is 14.7.